The maximum Gasteiger partial charge on any atom is 0.0586 e. The van der Waals surface area contributed by atoms with Crippen LogP contribution in [-0.2, 0) is 6.54 Å². The summed E-state index contributed by atoms with van der Waals surface area (Å²) in [4.78, 5) is 2.37. The molecule has 1 fully saturated rings. The van der Waals surface area contributed by atoms with Crippen LogP contribution in [0.1, 0.15) is 30.4 Å². The highest BCUT2D eigenvalue weighted by Gasteiger charge is 2.21. The summed E-state index contributed by atoms with van der Waals surface area (Å²) in [6.07, 6.45) is 3.55. The van der Waals surface area contributed by atoms with Crippen molar-refractivity contribution in [3.63, 3.8) is 0 Å². The van der Waals surface area contributed by atoms with Crippen LogP contribution < -0.4 is 5.73 Å². The fraction of sp³-hybridized carbons (Fsp3) is 0.500. The fourth-order valence-corrected chi connectivity index (χ4v) is 2.61. The van der Waals surface area contributed by atoms with Crippen LogP contribution in [0.15, 0.2) is 24.3 Å². The number of aliphatic hydroxyl groups is 1. The van der Waals surface area contributed by atoms with Crippen LogP contribution in [0.5, 0.6) is 0 Å². The Morgan fingerprint density at radius 3 is 3.05 bits per heavy atom. The minimum absolute atomic E-state index is 0.257. The third-order valence-electron chi connectivity index (χ3n) is 3.61. The molecule has 3 nitrogen and oxygen atoms in total. The van der Waals surface area contributed by atoms with E-state index in [9.17, 15) is 5.11 Å². The number of likely N-dealkylation sites (tertiary alicyclic amines) is 1. The number of rotatable bonds is 3. The van der Waals surface area contributed by atoms with E-state index in [4.69, 9.17) is 5.73 Å². The molecule has 1 aromatic carbocycles. The zero-order valence-corrected chi connectivity index (χ0v) is 11.3. The van der Waals surface area contributed by atoms with Gasteiger partial charge in [0, 0.05) is 18.2 Å². The molecule has 1 saturated heterocycles. The van der Waals surface area contributed by atoms with Gasteiger partial charge in [-0.1, -0.05) is 30.4 Å². The molecule has 0 spiro atoms. The molecule has 0 bridgehead atoms. The third-order valence-corrected chi connectivity index (χ3v) is 3.61. The van der Waals surface area contributed by atoms with Gasteiger partial charge in [0.15, 0.2) is 0 Å². The molecule has 1 aliphatic heterocycles. The summed E-state index contributed by atoms with van der Waals surface area (Å²) < 4.78 is 0. The first-order valence-electron chi connectivity index (χ1n) is 6.96. The molecule has 0 radical (unpaired) electrons. The molecule has 0 amide bonds. The van der Waals surface area contributed by atoms with E-state index in [1.54, 1.807) is 0 Å². The van der Waals surface area contributed by atoms with Gasteiger partial charge >= 0.3 is 0 Å². The average Bonchev–Trinajstić information content (AvgIpc) is 2.46. The van der Waals surface area contributed by atoms with Crippen molar-refractivity contribution < 1.29 is 5.11 Å². The van der Waals surface area contributed by atoms with E-state index in [0.29, 0.717) is 12.6 Å². The summed E-state index contributed by atoms with van der Waals surface area (Å²) in [7, 11) is 0. The van der Waals surface area contributed by atoms with Crippen molar-refractivity contribution in [1.29, 1.82) is 0 Å². The van der Waals surface area contributed by atoms with Crippen molar-refractivity contribution in [2.75, 3.05) is 19.7 Å². The molecule has 2 rings (SSSR count). The lowest BCUT2D eigenvalue weighted by molar-refractivity contribution is 0.0841. The Morgan fingerprint density at radius 1 is 1.37 bits per heavy atom. The van der Waals surface area contributed by atoms with Gasteiger partial charge in [0.2, 0.25) is 0 Å². The van der Waals surface area contributed by atoms with E-state index in [1.165, 1.54) is 18.4 Å². The van der Waals surface area contributed by atoms with Crippen molar-refractivity contribution in [1.82, 2.24) is 4.90 Å². The number of aliphatic hydroxyl groups excluding tert-OH is 1. The van der Waals surface area contributed by atoms with Gasteiger partial charge < -0.3 is 10.8 Å². The van der Waals surface area contributed by atoms with Gasteiger partial charge in [-0.25, -0.2) is 0 Å². The van der Waals surface area contributed by atoms with Gasteiger partial charge in [0.25, 0.3) is 0 Å². The van der Waals surface area contributed by atoms with Gasteiger partial charge in [-0.2, -0.15) is 0 Å². The second kappa shape index (κ2) is 7.30. The van der Waals surface area contributed by atoms with Gasteiger partial charge in [-0.15, -0.1) is 0 Å². The third kappa shape index (κ3) is 4.07. The zero-order chi connectivity index (χ0) is 13.5. The molecule has 19 heavy (non-hydrogen) atoms. The zero-order valence-electron chi connectivity index (χ0n) is 11.3. The number of hydrogen-bond acceptors (Lipinski definition) is 3. The van der Waals surface area contributed by atoms with E-state index in [2.05, 4.69) is 28.9 Å². The molecule has 1 unspecified atom stereocenters. The van der Waals surface area contributed by atoms with E-state index < -0.39 is 0 Å². The quantitative estimate of drug-likeness (QED) is 0.805. The highest BCUT2D eigenvalue weighted by atomic mass is 16.3. The maximum absolute atomic E-state index is 9.43. The van der Waals surface area contributed by atoms with E-state index >= 15 is 0 Å². The van der Waals surface area contributed by atoms with Gasteiger partial charge in [-0.05, 0) is 37.1 Å². The standard InChI is InChI=1S/C16H22N2O/c17-9-4-7-14-5-3-6-15(11-14)12-18-10-2-1-8-16(18)13-19/h3,5-6,11,16,19H,1-2,8-10,12-13,17H2. The highest BCUT2D eigenvalue weighted by molar-refractivity contribution is 5.37. The van der Waals surface area contributed by atoms with Gasteiger partial charge in [-0.3, -0.25) is 4.90 Å². The van der Waals surface area contributed by atoms with Crippen LogP contribution in [0.3, 0.4) is 0 Å². The van der Waals surface area contributed by atoms with Gasteiger partial charge in [0.05, 0.1) is 13.2 Å². The largest absolute Gasteiger partial charge is 0.395 e. The predicted molar refractivity (Wildman–Crippen MR) is 77.5 cm³/mol. The minimum Gasteiger partial charge on any atom is -0.395 e. The molecule has 1 heterocycles. The lowest BCUT2D eigenvalue weighted by Crippen LogP contribution is -2.41. The Hall–Kier alpha value is -1.34. The minimum atomic E-state index is 0.257. The Bertz CT molecular complexity index is 461. The molecule has 1 aromatic rings. The lowest BCUT2D eigenvalue weighted by atomic mass is 10.0. The molecule has 0 saturated carbocycles. The Kier molecular flexibility index (Phi) is 5.41. The number of nitrogens with zero attached hydrogens (tertiary/aromatic N) is 1. The second-order valence-electron chi connectivity index (χ2n) is 5.01. The smallest absolute Gasteiger partial charge is 0.0586 e. The SMILES string of the molecule is NCC#Cc1cccc(CN2CCCCC2CO)c1. The van der Waals surface area contributed by atoms with Crippen LogP contribution in [0.4, 0.5) is 0 Å². The maximum atomic E-state index is 9.43. The van der Waals surface area contributed by atoms with Crippen LogP contribution in [0.2, 0.25) is 0 Å². The summed E-state index contributed by atoms with van der Waals surface area (Å²) in [5.41, 5.74) is 7.66. The Balaban J connectivity index is 2.05. The molecule has 0 aromatic heterocycles. The first-order chi connectivity index (χ1) is 9.33. The van der Waals surface area contributed by atoms with E-state index in [-0.39, 0.29) is 6.61 Å². The fourth-order valence-electron chi connectivity index (χ4n) is 2.61. The normalized spacial score (nSPS) is 19.8. The van der Waals surface area contributed by atoms with Crippen LogP contribution in [0, 0.1) is 11.8 Å². The molecule has 0 aliphatic carbocycles. The summed E-state index contributed by atoms with van der Waals surface area (Å²) in [5.74, 6) is 5.94. The second-order valence-corrected chi connectivity index (χ2v) is 5.01. The van der Waals surface area contributed by atoms with Crippen molar-refractivity contribution in [3.05, 3.63) is 35.4 Å². The predicted octanol–water partition coefficient (Wildman–Crippen LogP) is 1.34. The summed E-state index contributed by atoms with van der Waals surface area (Å²) in [5, 5.41) is 9.43. The van der Waals surface area contributed by atoms with Crippen molar-refractivity contribution in [2.45, 2.75) is 31.8 Å². The lowest BCUT2D eigenvalue weighted by Gasteiger charge is -2.34. The van der Waals surface area contributed by atoms with E-state index in [0.717, 1.165) is 25.1 Å². The first-order valence-corrected chi connectivity index (χ1v) is 6.96. The molecule has 3 heteroatoms. The number of hydrogen-bond donors (Lipinski definition) is 2. The summed E-state index contributed by atoms with van der Waals surface area (Å²) in [6, 6.07) is 8.59. The number of piperidine rings is 1. The van der Waals surface area contributed by atoms with Crippen LogP contribution >= 0.6 is 0 Å². The highest BCUT2D eigenvalue weighted by Crippen LogP contribution is 2.19. The number of benzene rings is 1. The summed E-state index contributed by atoms with van der Waals surface area (Å²) >= 11 is 0. The molecule has 1 atom stereocenters. The van der Waals surface area contributed by atoms with Crippen LogP contribution in [0.25, 0.3) is 0 Å². The molecular weight excluding hydrogens is 236 g/mol. The summed E-state index contributed by atoms with van der Waals surface area (Å²) in [6.45, 7) is 2.61. The van der Waals surface area contributed by atoms with Crippen LogP contribution in [-0.4, -0.2) is 35.7 Å². The molecule has 1 aliphatic rings. The number of nitrogens with two attached hydrogens (primary N) is 1. The van der Waals surface area contributed by atoms with E-state index in [1.807, 2.05) is 12.1 Å². The topological polar surface area (TPSA) is 49.5 Å². The Labute approximate surface area is 115 Å². The molecular formula is C16H22N2O. The van der Waals surface area contributed by atoms with Crippen molar-refractivity contribution >= 4 is 0 Å². The van der Waals surface area contributed by atoms with Crippen molar-refractivity contribution in [3.8, 4) is 11.8 Å². The first kappa shape index (κ1) is 14.1. The Morgan fingerprint density at radius 2 is 2.26 bits per heavy atom. The van der Waals surface area contributed by atoms with Crippen molar-refractivity contribution in [2.24, 2.45) is 5.73 Å². The molecule has 102 valence electrons. The monoisotopic (exact) mass is 258 g/mol. The van der Waals surface area contributed by atoms with Gasteiger partial charge in [0.1, 0.15) is 0 Å². The molecule has 3 N–H and O–H groups in total. The average molecular weight is 258 g/mol.